The van der Waals surface area contributed by atoms with Crippen LogP contribution in [0.5, 0.6) is 17.2 Å². The van der Waals surface area contributed by atoms with Crippen molar-refractivity contribution in [2.75, 3.05) is 19.7 Å². The third kappa shape index (κ3) is 4.45. The van der Waals surface area contributed by atoms with Crippen molar-refractivity contribution in [3.63, 3.8) is 0 Å². The maximum Gasteiger partial charge on any atom is 0.347 e. The van der Waals surface area contributed by atoms with Crippen LogP contribution in [-0.4, -0.2) is 74.7 Å². The number of carbonyl (C=O) groups is 2. The highest BCUT2D eigenvalue weighted by atomic mass is 79.9. The predicted octanol–water partition coefficient (Wildman–Crippen LogP) is 2.68. The molecule has 3 aliphatic rings. The second-order valence-electron chi connectivity index (χ2n) is 12.6. The van der Waals surface area contributed by atoms with E-state index in [-0.39, 0.29) is 48.4 Å². The Labute approximate surface area is 302 Å². The van der Waals surface area contributed by atoms with Crippen molar-refractivity contribution >= 4 is 62.0 Å². The van der Waals surface area contributed by atoms with Crippen LogP contribution in [-0.2, 0) is 36.1 Å². The molecule has 0 bridgehead atoms. The number of aryl methyl sites for hydroxylation is 3. The van der Waals surface area contributed by atoms with Gasteiger partial charge >= 0.3 is 11.4 Å². The molecule has 1 aliphatic carbocycles. The number of aromatic hydroxyl groups is 1. The van der Waals surface area contributed by atoms with E-state index in [1.807, 2.05) is 0 Å². The van der Waals surface area contributed by atoms with E-state index in [2.05, 4.69) is 20.9 Å². The zero-order valence-electron chi connectivity index (χ0n) is 27.3. The van der Waals surface area contributed by atoms with Crippen LogP contribution >= 0.6 is 39.1 Å². The molecular weight excluding hydrogens is 759 g/mol. The van der Waals surface area contributed by atoms with Gasteiger partial charge < -0.3 is 19.1 Å². The molecule has 4 aromatic rings. The second kappa shape index (κ2) is 11.9. The van der Waals surface area contributed by atoms with Gasteiger partial charge in [-0.25, -0.2) is 28.5 Å². The van der Waals surface area contributed by atoms with Crippen molar-refractivity contribution in [3.8, 4) is 17.2 Å². The summed E-state index contributed by atoms with van der Waals surface area (Å²) in [5, 5.41) is 11.3. The number of alkyl halides is 3. The first-order valence-corrected chi connectivity index (χ1v) is 17.4. The SMILES string of the molecule is COc1cc2nc(CCn3c(=O)n4n(c3=O)C3CC5(Cl)C(=O)N(CBr)C(=O)C5(Cl)C(c5cccc(C)c5O)C3=CC4)c(=O)n(C)c2cc1OC. The molecule has 2 fully saturated rings. The maximum absolute atomic E-state index is 14.2. The Hall–Kier alpha value is -4.34. The van der Waals surface area contributed by atoms with Crippen LogP contribution in [0, 0.1) is 6.92 Å². The molecule has 4 unspecified atom stereocenters. The Morgan fingerprint density at radius 3 is 2.42 bits per heavy atom. The summed E-state index contributed by atoms with van der Waals surface area (Å²) >= 11 is 17.6. The van der Waals surface area contributed by atoms with Gasteiger partial charge in [0, 0.05) is 50.0 Å². The highest BCUT2D eigenvalue weighted by Gasteiger charge is 2.75. The molecule has 2 aliphatic heterocycles. The molecule has 17 heteroatoms. The summed E-state index contributed by atoms with van der Waals surface area (Å²) < 4.78 is 15.6. The number of fused-ring (bicyclic) bond motifs is 5. The van der Waals surface area contributed by atoms with Gasteiger partial charge in [0.25, 0.3) is 17.4 Å². The standard InChI is InChI=1S/C33H31BrCl2N6O8/c1-16-6-5-7-18(26(16)43)25-17-8-11-41-30(47)39(10-9-19-27(44)38(2)21-13-24(50-4)23(49-3)12-20(21)37-19)31(48)42(41)22(17)14-32(35)28(45)40(15-34)29(46)33(25,32)36/h5-8,12-13,22,25,43H,9-11,14-15H2,1-4H3. The number of methoxy groups -OCH3 is 2. The number of rotatable bonds is 7. The molecular formula is C33H31BrCl2N6O8. The number of imide groups is 1. The molecule has 2 aromatic carbocycles. The minimum Gasteiger partial charge on any atom is -0.507 e. The highest BCUT2D eigenvalue weighted by molar-refractivity contribution is 9.09. The number of ether oxygens (including phenoxy) is 2. The Bertz CT molecular complexity index is 2360. The second-order valence-corrected chi connectivity index (χ2v) is 14.3. The lowest BCUT2D eigenvalue weighted by molar-refractivity contribution is -0.138. The van der Waals surface area contributed by atoms with Gasteiger partial charge in [0.2, 0.25) is 0 Å². The number of hydrogen-bond donors (Lipinski definition) is 1. The van der Waals surface area contributed by atoms with Crippen molar-refractivity contribution < 1.29 is 24.2 Å². The van der Waals surface area contributed by atoms with Gasteiger partial charge in [0.1, 0.15) is 11.4 Å². The van der Waals surface area contributed by atoms with Crippen LogP contribution in [0.3, 0.4) is 0 Å². The first kappa shape index (κ1) is 34.1. The smallest absolute Gasteiger partial charge is 0.347 e. The third-order valence-corrected chi connectivity index (χ3v) is 12.1. The van der Waals surface area contributed by atoms with Crippen molar-refractivity contribution in [2.24, 2.45) is 7.05 Å². The van der Waals surface area contributed by atoms with E-state index < -0.39 is 50.5 Å². The molecule has 1 saturated heterocycles. The van der Waals surface area contributed by atoms with Crippen LogP contribution in [0.1, 0.15) is 35.2 Å². The minimum atomic E-state index is -2.06. The number of aromatic nitrogens is 5. The van der Waals surface area contributed by atoms with E-state index in [1.165, 1.54) is 28.2 Å². The molecule has 2 aromatic heterocycles. The largest absolute Gasteiger partial charge is 0.507 e. The number of carbonyl (C=O) groups excluding carboxylic acids is 2. The molecule has 262 valence electrons. The van der Waals surface area contributed by atoms with Crippen LogP contribution in [0.4, 0.5) is 0 Å². The van der Waals surface area contributed by atoms with E-state index in [0.717, 1.165) is 9.47 Å². The predicted molar refractivity (Wildman–Crippen MR) is 187 cm³/mol. The van der Waals surface area contributed by atoms with E-state index >= 15 is 0 Å². The number of amides is 2. The fraction of sp³-hybridized carbons (Fsp3) is 0.394. The van der Waals surface area contributed by atoms with E-state index in [1.54, 1.807) is 50.4 Å². The van der Waals surface area contributed by atoms with Crippen molar-refractivity contribution in [3.05, 3.63) is 90.1 Å². The summed E-state index contributed by atoms with van der Waals surface area (Å²) in [5.74, 6) is -1.93. The Morgan fingerprint density at radius 1 is 1.04 bits per heavy atom. The third-order valence-electron chi connectivity index (χ3n) is 10.2. The number of para-hydroxylation sites is 1. The van der Waals surface area contributed by atoms with Crippen LogP contribution in [0.2, 0.25) is 0 Å². The minimum absolute atomic E-state index is 0.0572. The Morgan fingerprint density at radius 2 is 1.74 bits per heavy atom. The van der Waals surface area contributed by atoms with Gasteiger partial charge in [0.15, 0.2) is 21.2 Å². The molecule has 4 atom stereocenters. The molecule has 2 amide bonds. The Balaban J connectivity index is 1.32. The number of phenolic OH excluding ortho intramolecular Hbond substituents is 1. The molecule has 50 heavy (non-hydrogen) atoms. The topological polar surface area (TPSA) is 160 Å². The zero-order chi connectivity index (χ0) is 36.0. The molecule has 1 N–H and O–H groups in total. The fourth-order valence-corrected chi connectivity index (χ4v) is 9.00. The lowest BCUT2D eigenvalue weighted by Crippen LogP contribution is -2.59. The molecule has 7 rings (SSSR count). The van der Waals surface area contributed by atoms with Crippen molar-refractivity contribution in [2.45, 2.75) is 54.6 Å². The number of phenols is 1. The first-order valence-electron chi connectivity index (χ1n) is 15.6. The number of allylic oxidation sites excluding steroid dienone is 2. The monoisotopic (exact) mass is 788 g/mol. The normalized spacial score (nSPS) is 24.2. The van der Waals surface area contributed by atoms with Crippen LogP contribution < -0.4 is 26.4 Å². The summed E-state index contributed by atoms with van der Waals surface area (Å²) in [6, 6.07) is 7.27. The molecule has 1 saturated carbocycles. The number of nitrogens with zero attached hydrogens (tertiary/aromatic N) is 6. The van der Waals surface area contributed by atoms with Gasteiger partial charge in [-0.05, 0) is 18.1 Å². The molecule has 0 radical (unpaired) electrons. The van der Waals surface area contributed by atoms with Gasteiger partial charge in [-0.1, -0.05) is 40.2 Å². The maximum atomic E-state index is 14.2. The fourth-order valence-electron chi connectivity index (χ4n) is 7.60. The lowest BCUT2D eigenvalue weighted by Gasteiger charge is -2.49. The number of halogens is 3. The van der Waals surface area contributed by atoms with Gasteiger partial charge in [-0.15, -0.1) is 23.2 Å². The summed E-state index contributed by atoms with van der Waals surface area (Å²) in [5.41, 5.74) is 0.351. The number of hydrogen-bond acceptors (Lipinski definition) is 9. The zero-order valence-corrected chi connectivity index (χ0v) is 30.4. The van der Waals surface area contributed by atoms with Gasteiger partial charge in [-0.2, -0.15) is 0 Å². The quantitative estimate of drug-likeness (QED) is 0.129. The summed E-state index contributed by atoms with van der Waals surface area (Å²) in [4.78, 5) is 70.4. The van der Waals surface area contributed by atoms with Crippen molar-refractivity contribution in [1.29, 1.82) is 0 Å². The lowest BCUT2D eigenvalue weighted by atomic mass is 9.64. The van der Waals surface area contributed by atoms with Crippen molar-refractivity contribution in [1.82, 2.24) is 28.4 Å². The summed E-state index contributed by atoms with van der Waals surface area (Å²) in [6.45, 7) is 1.43. The Kier molecular flexibility index (Phi) is 8.11. The highest BCUT2D eigenvalue weighted by Crippen LogP contribution is 2.64. The average Bonchev–Trinajstić information content (AvgIpc) is 3.43. The van der Waals surface area contributed by atoms with Gasteiger partial charge in [0.05, 0.1) is 43.3 Å². The summed E-state index contributed by atoms with van der Waals surface area (Å²) in [6.07, 6.45) is 1.35. The number of likely N-dealkylation sites (tertiary alicyclic amines) is 1. The van der Waals surface area contributed by atoms with Crippen LogP contribution in [0.15, 0.2) is 56.4 Å². The molecule has 0 spiro atoms. The number of benzene rings is 2. The summed E-state index contributed by atoms with van der Waals surface area (Å²) in [7, 11) is 4.55. The van der Waals surface area contributed by atoms with Crippen LogP contribution in [0.25, 0.3) is 11.0 Å². The molecule has 14 nitrogen and oxygen atoms in total. The van der Waals surface area contributed by atoms with E-state index in [0.29, 0.717) is 33.7 Å². The first-order chi connectivity index (χ1) is 23.7. The average molecular weight is 790 g/mol. The molecule has 4 heterocycles. The van der Waals surface area contributed by atoms with E-state index in [4.69, 9.17) is 32.7 Å². The van der Waals surface area contributed by atoms with E-state index in [9.17, 15) is 29.1 Å². The van der Waals surface area contributed by atoms with Gasteiger partial charge in [-0.3, -0.25) is 19.3 Å².